The van der Waals surface area contributed by atoms with E-state index in [-0.39, 0.29) is 5.92 Å². The van der Waals surface area contributed by atoms with Gasteiger partial charge in [0.25, 0.3) is 0 Å². The van der Waals surface area contributed by atoms with Crippen LogP contribution in [-0.2, 0) is 0 Å². The zero-order valence-corrected chi connectivity index (χ0v) is 5.87. The van der Waals surface area contributed by atoms with Crippen LogP contribution in [0.15, 0.2) is 0 Å². The third kappa shape index (κ3) is 0.970. The lowest BCUT2D eigenvalue weighted by molar-refractivity contribution is 0.360. The molecule has 0 unspecified atom stereocenters. The molecule has 1 fully saturated rings. The third-order valence-corrected chi connectivity index (χ3v) is 2.11. The Labute approximate surface area is 54.0 Å². The smallest absolute Gasteiger partial charge is 0.187 e. The lowest BCUT2D eigenvalue weighted by Crippen LogP contribution is -1.98. The van der Waals surface area contributed by atoms with Crippen molar-refractivity contribution in [3.05, 3.63) is 0 Å². The number of hydrogen-bond donors (Lipinski definition) is 0. The third-order valence-electron chi connectivity index (χ3n) is 1.68. The summed E-state index contributed by atoms with van der Waals surface area (Å²) in [5.41, 5.74) is 0. The molecule has 8 heavy (non-hydrogen) atoms. The first kappa shape index (κ1) is 6.34. The average molecular weight is 137 g/mol. The molecule has 0 aromatic carbocycles. The van der Waals surface area contributed by atoms with Gasteiger partial charge in [-0.05, 0) is 5.92 Å². The topological polar surface area (TPSA) is 0 Å². The Kier molecular flexibility index (Phi) is 1.27. The van der Waals surface area contributed by atoms with E-state index in [1.54, 1.807) is 0 Å². The van der Waals surface area contributed by atoms with Crippen LogP contribution in [0.4, 0.5) is 4.39 Å². The zero-order chi connectivity index (χ0) is 6.36. The van der Waals surface area contributed by atoms with Gasteiger partial charge < -0.3 is 0 Å². The zero-order valence-electron chi connectivity index (χ0n) is 5.12. The molecular formula is C6H10ClF. The second-order valence-electron chi connectivity index (χ2n) is 2.82. The molecule has 0 spiro atoms. The maximum Gasteiger partial charge on any atom is 0.187 e. The molecule has 1 saturated carbocycles. The van der Waals surface area contributed by atoms with Gasteiger partial charge in [0, 0.05) is 12.3 Å². The molecule has 0 nitrogen and oxygen atoms in total. The summed E-state index contributed by atoms with van der Waals surface area (Å²) in [7, 11) is 0. The van der Waals surface area contributed by atoms with E-state index < -0.39 is 5.13 Å². The Morgan fingerprint density at radius 2 is 2.12 bits per heavy atom. The number of rotatable bonds is 1. The minimum atomic E-state index is -1.34. The lowest BCUT2D eigenvalue weighted by Gasteiger charge is -1.99. The molecule has 0 bridgehead atoms. The fourth-order valence-electron chi connectivity index (χ4n) is 0.958. The van der Waals surface area contributed by atoms with Crippen LogP contribution in [0.1, 0.15) is 20.3 Å². The Morgan fingerprint density at radius 1 is 1.75 bits per heavy atom. The molecule has 0 heterocycles. The van der Waals surface area contributed by atoms with Crippen LogP contribution >= 0.6 is 11.6 Å². The largest absolute Gasteiger partial charge is 0.226 e. The quantitative estimate of drug-likeness (QED) is 0.486. The predicted octanol–water partition coefficient (Wildman–Crippen LogP) is 2.57. The first-order chi connectivity index (χ1) is 3.54. The summed E-state index contributed by atoms with van der Waals surface area (Å²) in [5.74, 6) is 0.515. The summed E-state index contributed by atoms with van der Waals surface area (Å²) in [6.45, 7) is 3.99. The van der Waals surface area contributed by atoms with Crippen molar-refractivity contribution in [2.45, 2.75) is 25.4 Å². The van der Waals surface area contributed by atoms with Crippen molar-refractivity contribution in [3.8, 4) is 0 Å². The van der Waals surface area contributed by atoms with Crippen molar-refractivity contribution in [1.82, 2.24) is 0 Å². The molecule has 1 rings (SSSR count). The minimum Gasteiger partial charge on any atom is -0.226 e. The second-order valence-corrected chi connectivity index (χ2v) is 3.44. The van der Waals surface area contributed by atoms with Gasteiger partial charge in [0.05, 0.1) is 0 Å². The summed E-state index contributed by atoms with van der Waals surface area (Å²) in [4.78, 5) is 0. The predicted molar refractivity (Wildman–Crippen MR) is 32.6 cm³/mol. The highest BCUT2D eigenvalue weighted by molar-refractivity contribution is 6.25. The fourth-order valence-corrected chi connectivity index (χ4v) is 1.38. The highest BCUT2D eigenvalue weighted by atomic mass is 35.5. The van der Waals surface area contributed by atoms with E-state index in [2.05, 4.69) is 0 Å². The SMILES string of the molecule is CC(C)[C@H]1C[C@@]1(F)Cl. The second kappa shape index (κ2) is 1.60. The van der Waals surface area contributed by atoms with Gasteiger partial charge in [-0.1, -0.05) is 25.4 Å². The highest BCUT2D eigenvalue weighted by Gasteiger charge is 2.55. The molecule has 0 amide bonds. The molecule has 1 aliphatic carbocycles. The minimum absolute atomic E-state index is 0.115. The molecule has 2 heteroatoms. The van der Waals surface area contributed by atoms with Gasteiger partial charge in [-0.25, -0.2) is 4.39 Å². The molecule has 0 aromatic rings. The van der Waals surface area contributed by atoms with Gasteiger partial charge in [-0.2, -0.15) is 0 Å². The molecule has 48 valence electrons. The average Bonchev–Trinajstić information content (AvgIpc) is 2.13. The van der Waals surface area contributed by atoms with Crippen molar-refractivity contribution in [3.63, 3.8) is 0 Å². The molecule has 2 atom stereocenters. The highest BCUT2D eigenvalue weighted by Crippen LogP contribution is 2.54. The van der Waals surface area contributed by atoms with Crippen molar-refractivity contribution in [1.29, 1.82) is 0 Å². The van der Waals surface area contributed by atoms with E-state index in [0.717, 1.165) is 0 Å². The monoisotopic (exact) mass is 136 g/mol. The van der Waals surface area contributed by atoms with E-state index in [9.17, 15) is 4.39 Å². The summed E-state index contributed by atoms with van der Waals surface area (Å²) in [5, 5.41) is -1.34. The first-order valence-corrected chi connectivity index (χ1v) is 3.29. The molecular weight excluding hydrogens is 127 g/mol. The number of alkyl halides is 2. The normalized spacial score (nSPS) is 45.4. The summed E-state index contributed by atoms with van der Waals surface area (Å²) < 4.78 is 12.5. The Bertz CT molecular complexity index is 98.7. The fraction of sp³-hybridized carbons (Fsp3) is 1.00. The van der Waals surface area contributed by atoms with E-state index >= 15 is 0 Å². The van der Waals surface area contributed by atoms with Crippen LogP contribution in [0.3, 0.4) is 0 Å². The molecule has 0 aliphatic heterocycles. The summed E-state index contributed by atoms with van der Waals surface area (Å²) in [6, 6.07) is 0. The standard InChI is InChI=1S/C6H10ClF/c1-4(2)5-3-6(5,7)8/h4-5H,3H2,1-2H3/t5-,6+/m1/s1. The molecule has 0 N–H and O–H groups in total. The molecule has 0 radical (unpaired) electrons. The van der Waals surface area contributed by atoms with Gasteiger partial charge in [-0.15, -0.1) is 0 Å². The van der Waals surface area contributed by atoms with E-state index in [0.29, 0.717) is 12.3 Å². The van der Waals surface area contributed by atoms with Crippen LogP contribution in [0.25, 0.3) is 0 Å². The first-order valence-electron chi connectivity index (χ1n) is 2.92. The van der Waals surface area contributed by atoms with Crippen molar-refractivity contribution < 1.29 is 4.39 Å². The Hall–Kier alpha value is 0.220. The molecule has 0 saturated heterocycles. The lowest BCUT2D eigenvalue weighted by atomic mass is 10.1. The van der Waals surface area contributed by atoms with Gasteiger partial charge in [0.15, 0.2) is 5.13 Å². The van der Waals surface area contributed by atoms with Gasteiger partial charge in [0.1, 0.15) is 0 Å². The van der Waals surface area contributed by atoms with Crippen LogP contribution in [-0.4, -0.2) is 5.13 Å². The van der Waals surface area contributed by atoms with Crippen LogP contribution in [0.2, 0.25) is 0 Å². The van der Waals surface area contributed by atoms with Crippen LogP contribution < -0.4 is 0 Å². The van der Waals surface area contributed by atoms with Gasteiger partial charge in [0.2, 0.25) is 0 Å². The maximum atomic E-state index is 12.5. The number of halogens is 2. The summed E-state index contributed by atoms with van der Waals surface area (Å²) >= 11 is 5.34. The van der Waals surface area contributed by atoms with E-state index in [1.165, 1.54) is 0 Å². The Morgan fingerprint density at radius 3 is 2.12 bits per heavy atom. The van der Waals surface area contributed by atoms with E-state index in [1.807, 2.05) is 13.8 Å². The summed E-state index contributed by atoms with van der Waals surface area (Å²) in [6.07, 6.45) is 0.548. The van der Waals surface area contributed by atoms with E-state index in [4.69, 9.17) is 11.6 Å². The Balaban J connectivity index is 2.37. The van der Waals surface area contributed by atoms with Crippen LogP contribution in [0, 0.1) is 11.8 Å². The van der Waals surface area contributed by atoms with Crippen molar-refractivity contribution in [2.75, 3.05) is 0 Å². The van der Waals surface area contributed by atoms with Crippen molar-refractivity contribution in [2.24, 2.45) is 11.8 Å². The van der Waals surface area contributed by atoms with Crippen LogP contribution in [0.5, 0.6) is 0 Å². The molecule has 0 aromatic heterocycles. The van der Waals surface area contributed by atoms with Crippen molar-refractivity contribution >= 4 is 11.6 Å². The number of hydrogen-bond acceptors (Lipinski definition) is 0. The maximum absolute atomic E-state index is 12.5. The molecule has 1 aliphatic rings. The van der Waals surface area contributed by atoms with Gasteiger partial charge in [-0.3, -0.25) is 0 Å². The van der Waals surface area contributed by atoms with Gasteiger partial charge >= 0.3 is 0 Å².